The molecule has 1 aromatic rings. The van der Waals surface area contributed by atoms with Gasteiger partial charge in [0.2, 0.25) is 10.0 Å². The molecular formula is C11H17N3O2S. The standard InChI is InChI=1S/C11H17N3O2S/c1-4-7-13-11-6-5-9(8-10(11)12)17(15,16)14(2)3/h4-6,8,13H,1,7,12H2,2-3H3. The molecule has 94 valence electrons. The van der Waals surface area contributed by atoms with Crippen molar-refractivity contribution in [3.63, 3.8) is 0 Å². The predicted molar refractivity (Wildman–Crippen MR) is 70.4 cm³/mol. The molecule has 3 N–H and O–H groups in total. The topological polar surface area (TPSA) is 75.4 Å². The quantitative estimate of drug-likeness (QED) is 0.610. The van der Waals surface area contributed by atoms with Gasteiger partial charge in [-0.25, -0.2) is 12.7 Å². The Balaban J connectivity index is 3.09. The first-order chi connectivity index (χ1) is 7.89. The maximum absolute atomic E-state index is 11.8. The maximum atomic E-state index is 11.8. The van der Waals surface area contributed by atoms with E-state index in [0.717, 1.165) is 4.31 Å². The van der Waals surface area contributed by atoms with Gasteiger partial charge in [0.05, 0.1) is 16.3 Å². The summed E-state index contributed by atoms with van der Waals surface area (Å²) in [7, 11) is -0.468. The van der Waals surface area contributed by atoms with E-state index in [1.807, 2.05) is 0 Å². The van der Waals surface area contributed by atoms with Gasteiger partial charge in [-0.1, -0.05) is 6.08 Å². The number of rotatable bonds is 5. The van der Waals surface area contributed by atoms with Gasteiger partial charge in [0.25, 0.3) is 0 Å². The number of anilines is 2. The highest BCUT2D eigenvalue weighted by atomic mass is 32.2. The molecule has 0 amide bonds. The zero-order valence-electron chi connectivity index (χ0n) is 9.97. The van der Waals surface area contributed by atoms with Crippen LogP contribution < -0.4 is 11.1 Å². The number of sulfonamides is 1. The van der Waals surface area contributed by atoms with Crippen molar-refractivity contribution < 1.29 is 8.42 Å². The monoisotopic (exact) mass is 255 g/mol. The summed E-state index contributed by atoms with van der Waals surface area (Å²) >= 11 is 0. The van der Waals surface area contributed by atoms with Crippen molar-refractivity contribution in [3.05, 3.63) is 30.9 Å². The third kappa shape index (κ3) is 2.98. The molecule has 5 nitrogen and oxygen atoms in total. The fourth-order valence-corrected chi connectivity index (χ4v) is 2.19. The lowest BCUT2D eigenvalue weighted by Crippen LogP contribution is -2.22. The molecule has 0 aliphatic heterocycles. The lowest BCUT2D eigenvalue weighted by molar-refractivity contribution is 0.521. The van der Waals surface area contributed by atoms with Crippen molar-refractivity contribution in [3.8, 4) is 0 Å². The van der Waals surface area contributed by atoms with Gasteiger partial charge < -0.3 is 11.1 Å². The SMILES string of the molecule is C=CCNc1ccc(S(=O)(=O)N(C)C)cc1N. The largest absolute Gasteiger partial charge is 0.397 e. The third-order valence-corrected chi connectivity index (χ3v) is 4.05. The highest BCUT2D eigenvalue weighted by Gasteiger charge is 2.17. The zero-order valence-corrected chi connectivity index (χ0v) is 10.8. The summed E-state index contributed by atoms with van der Waals surface area (Å²) in [5.74, 6) is 0. The Morgan fingerprint density at radius 1 is 1.47 bits per heavy atom. The van der Waals surface area contributed by atoms with Crippen LogP contribution in [0, 0.1) is 0 Å². The van der Waals surface area contributed by atoms with Gasteiger partial charge in [0.1, 0.15) is 0 Å². The van der Waals surface area contributed by atoms with E-state index in [-0.39, 0.29) is 4.90 Å². The second-order valence-corrected chi connectivity index (χ2v) is 5.86. The van der Waals surface area contributed by atoms with E-state index in [9.17, 15) is 8.42 Å². The Morgan fingerprint density at radius 2 is 2.12 bits per heavy atom. The molecular weight excluding hydrogens is 238 g/mol. The average molecular weight is 255 g/mol. The summed E-state index contributed by atoms with van der Waals surface area (Å²) in [6.07, 6.45) is 1.70. The van der Waals surface area contributed by atoms with Crippen molar-refractivity contribution in [2.75, 3.05) is 31.7 Å². The number of hydrogen-bond donors (Lipinski definition) is 2. The van der Waals surface area contributed by atoms with E-state index in [1.165, 1.54) is 26.2 Å². The second-order valence-electron chi connectivity index (χ2n) is 3.71. The van der Waals surface area contributed by atoms with Gasteiger partial charge in [-0.15, -0.1) is 6.58 Å². The van der Waals surface area contributed by atoms with Crippen LogP contribution in [0.15, 0.2) is 35.7 Å². The number of hydrogen-bond acceptors (Lipinski definition) is 4. The minimum Gasteiger partial charge on any atom is -0.397 e. The molecule has 0 atom stereocenters. The number of nitrogen functional groups attached to an aromatic ring is 1. The van der Waals surface area contributed by atoms with Gasteiger partial charge in [-0.3, -0.25) is 0 Å². The summed E-state index contributed by atoms with van der Waals surface area (Å²) in [5.41, 5.74) is 6.87. The van der Waals surface area contributed by atoms with Crippen LogP contribution >= 0.6 is 0 Å². The molecule has 0 bridgehead atoms. The number of benzene rings is 1. The number of nitrogens with two attached hydrogens (primary N) is 1. The first-order valence-corrected chi connectivity index (χ1v) is 6.50. The smallest absolute Gasteiger partial charge is 0.242 e. The first kappa shape index (κ1) is 13.5. The van der Waals surface area contributed by atoms with Gasteiger partial charge in [0, 0.05) is 20.6 Å². The fraction of sp³-hybridized carbons (Fsp3) is 0.273. The summed E-state index contributed by atoms with van der Waals surface area (Å²) in [4.78, 5) is 0.184. The van der Waals surface area contributed by atoms with Crippen LogP contribution in [-0.2, 0) is 10.0 Å². The van der Waals surface area contributed by atoms with Crippen molar-refractivity contribution in [2.24, 2.45) is 0 Å². The molecule has 0 heterocycles. The molecule has 0 radical (unpaired) electrons. The molecule has 1 aromatic carbocycles. The lowest BCUT2D eigenvalue weighted by atomic mass is 10.2. The minimum atomic E-state index is -3.43. The summed E-state index contributed by atoms with van der Waals surface area (Å²) in [6.45, 7) is 4.15. The number of nitrogens with zero attached hydrogens (tertiary/aromatic N) is 1. The predicted octanol–water partition coefficient (Wildman–Crippen LogP) is 1.12. The Hall–Kier alpha value is -1.53. The molecule has 0 spiro atoms. The molecule has 0 aliphatic carbocycles. The van der Waals surface area contributed by atoms with Crippen LogP contribution in [-0.4, -0.2) is 33.4 Å². The normalized spacial score (nSPS) is 11.5. The molecule has 6 heteroatoms. The van der Waals surface area contributed by atoms with Gasteiger partial charge in [-0.05, 0) is 18.2 Å². The second kappa shape index (κ2) is 5.20. The molecule has 17 heavy (non-hydrogen) atoms. The van der Waals surface area contributed by atoms with E-state index in [4.69, 9.17) is 5.73 Å². The third-order valence-electron chi connectivity index (χ3n) is 2.24. The van der Waals surface area contributed by atoms with Crippen molar-refractivity contribution in [1.82, 2.24) is 4.31 Å². The van der Waals surface area contributed by atoms with Crippen LogP contribution in [0.25, 0.3) is 0 Å². The summed E-state index contributed by atoms with van der Waals surface area (Å²) in [6, 6.07) is 4.62. The average Bonchev–Trinajstić information content (AvgIpc) is 2.27. The molecule has 1 rings (SSSR count). The van der Waals surface area contributed by atoms with Crippen molar-refractivity contribution in [1.29, 1.82) is 0 Å². The van der Waals surface area contributed by atoms with E-state index in [1.54, 1.807) is 12.1 Å². The first-order valence-electron chi connectivity index (χ1n) is 5.06. The highest BCUT2D eigenvalue weighted by molar-refractivity contribution is 7.89. The Morgan fingerprint density at radius 3 is 2.59 bits per heavy atom. The Labute approximate surface area is 102 Å². The van der Waals surface area contributed by atoms with Crippen LogP contribution in [0.1, 0.15) is 0 Å². The van der Waals surface area contributed by atoms with Crippen molar-refractivity contribution in [2.45, 2.75) is 4.90 Å². The molecule has 0 fully saturated rings. The lowest BCUT2D eigenvalue weighted by Gasteiger charge is -2.13. The fourth-order valence-electron chi connectivity index (χ4n) is 1.26. The van der Waals surface area contributed by atoms with Crippen LogP contribution in [0.5, 0.6) is 0 Å². The minimum absolute atomic E-state index is 0.184. The Kier molecular flexibility index (Phi) is 4.14. The van der Waals surface area contributed by atoms with E-state index < -0.39 is 10.0 Å². The van der Waals surface area contributed by atoms with E-state index in [0.29, 0.717) is 17.9 Å². The summed E-state index contributed by atoms with van der Waals surface area (Å²) < 4.78 is 24.8. The molecule has 0 aromatic heterocycles. The van der Waals surface area contributed by atoms with E-state index >= 15 is 0 Å². The Bertz CT molecular complexity index is 509. The number of nitrogens with one attached hydrogen (secondary N) is 1. The van der Waals surface area contributed by atoms with Gasteiger partial charge in [-0.2, -0.15) is 0 Å². The highest BCUT2D eigenvalue weighted by Crippen LogP contribution is 2.23. The molecule has 0 unspecified atom stereocenters. The molecule has 0 saturated heterocycles. The van der Waals surface area contributed by atoms with Crippen LogP contribution in [0.3, 0.4) is 0 Å². The summed E-state index contributed by atoms with van der Waals surface area (Å²) in [5, 5.41) is 3.02. The van der Waals surface area contributed by atoms with E-state index in [2.05, 4.69) is 11.9 Å². The maximum Gasteiger partial charge on any atom is 0.242 e. The molecule has 0 saturated carbocycles. The van der Waals surface area contributed by atoms with Gasteiger partial charge in [0.15, 0.2) is 0 Å². The molecule has 0 aliphatic rings. The zero-order chi connectivity index (χ0) is 13.1. The van der Waals surface area contributed by atoms with Crippen LogP contribution in [0.4, 0.5) is 11.4 Å². The van der Waals surface area contributed by atoms with Gasteiger partial charge >= 0.3 is 0 Å². The van der Waals surface area contributed by atoms with Crippen molar-refractivity contribution >= 4 is 21.4 Å². The van der Waals surface area contributed by atoms with Crippen LogP contribution in [0.2, 0.25) is 0 Å².